The molecule has 0 spiro atoms. The molecule has 0 N–H and O–H groups in total. The maximum Gasteiger partial charge on any atom is 0.284 e. The topological polar surface area (TPSA) is 157 Å². The summed E-state index contributed by atoms with van der Waals surface area (Å²) in [5, 5.41) is 0.775. The minimum atomic E-state index is 0. The lowest BCUT2D eigenvalue weighted by atomic mass is 10.2. The van der Waals surface area contributed by atoms with Crippen LogP contribution in [0.4, 0.5) is 0 Å². The molecule has 5 aromatic rings. The lowest BCUT2D eigenvalue weighted by Gasteiger charge is -2.01. The molecule has 0 amide bonds. The third-order valence-electron chi connectivity index (χ3n) is 5.07. The third kappa shape index (κ3) is 13.0. The number of carbonyl (C=O) groups excluding carboxylic acids is 4. The number of methoxy groups -OCH3 is 4. The third-order valence-corrected chi connectivity index (χ3v) is 6.04. The van der Waals surface area contributed by atoms with E-state index in [-0.39, 0.29) is 13.2 Å². The molecule has 0 fully saturated rings. The molecule has 0 aromatic carbocycles. The summed E-state index contributed by atoms with van der Waals surface area (Å²) in [6.45, 7) is 0. The van der Waals surface area contributed by atoms with E-state index in [0.29, 0.717) is 46.3 Å². The fraction of sp³-hybridized carbons (Fsp3) is 0.156. The Labute approximate surface area is 264 Å². The zero-order valence-corrected chi connectivity index (χ0v) is 25.1. The van der Waals surface area contributed by atoms with Crippen molar-refractivity contribution < 1.29 is 42.5 Å². The molecule has 0 bridgehead atoms. The summed E-state index contributed by atoms with van der Waals surface area (Å²) >= 11 is 1.34. The Morgan fingerprint density at radius 3 is 1.82 bits per heavy atom. The highest BCUT2D eigenvalue weighted by Crippen LogP contribution is 2.21. The first-order chi connectivity index (χ1) is 21.4. The number of thiophene rings is 1. The molecule has 0 saturated carbocycles. The number of aromatic nitrogens is 3. The molecule has 0 unspecified atom stereocenters. The van der Waals surface area contributed by atoms with E-state index in [9.17, 15) is 19.2 Å². The number of hydrogen-bond acceptors (Lipinski definition) is 13. The summed E-state index contributed by atoms with van der Waals surface area (Å²) in [7, 11) is 6.17. The van der Waals surface area contributed by atoms with Crippen molar-refractivity contribution in [2.24, 2.45) is 0 Å². The van der Waals surface area contributed by atoms with Crippen molar-refractivity contribution in [2.75, 3.05) is 28.4 Å². The van der Waals surface area contributed by atoms with Crippen molar-refractivity contribution >= 4 is 36.5 Å². The summed E-state index contributed by atoms with van der Waals surface area (Å²) in [4.78, 5) is 53.6. The number of aldehydes is 4. The quantitative estimate of drug-likeness (QED) is 0.170. The molecule has 12 nitrogen and oxygen atoms in total. The molecule has 0 radical (unpaired) electrons. The highest BCUT2D eigenvalue weighted by molar-refractivity contribution is 7.15. The normalized spacial score (nSPS) is 9.07. The van der Waals surface area contributed by atoms with E-state index in [4.69, 9.17) is 18.6 Å². The fourth-order valence-electron chi connectivity index (χ4n) is 2.90. The van der Waals surface area contributed by atoms with Gasteiger partial charge in [-0.25, -0.2) is 4.98 Å². The van der Waals surface area contributed by atoms with Crippen LogP contribution in [0.15, 0.2) is 83.5 Å². The molecule has 5 heterocycles. The average molecular weight is 636 g/mol. The van der Waals surface area contributed by atoms with E-state index in [1.54, 1.807) is 75.0 Å². The Bertz CT molecular complexity index is 1540. The van der Waals surface area contributed by atoms with Crippen LogP contribution in [0.2, 0.25) is 0 Å². The fourth-order valence-corrected chi connectivity index (χ4v) is 3.54. The predicted molar refractivity (Wildman–Crippen MR) is 169 cm³/mol. The van der Waals surface area contributed by atoms with Gasteiger partial charge in [0.2, 0.25) is 5.88 Å². The molecule has 0 aliphatic rings. The molecule has 236 valence electrons. The Balaban J connectivity index is 0.000000309. The summed E-state index contributed by atoms with van der Waals surface area (Å²) in [5.41, 5.74) is 2.42. The van der Waals surface area contributed by atoms with Crippen LogP contribution in [0.1, 0.15) is 48.5 Å². The molecule has 0 aliphatic carbocycles. The largest absolute Gasteiger partial charge is 0.495 e. The zero-order valence-electron chi connectivity index (χ0n) is 24.2. The molecular formula is C32H33N3O9S. The summed E-state index contributed by atoms with van der Waals surface area (Å²) in [5.74, 6) is 1.81. The molecule has 0 aliphatic heterocycles. The number of rotatable bonds is 9. The number of ether oxygens (including phenoxy) is 4. The van der Waals surface area contributed by atoms with Gasteiger partial charge in [-0.3, -0.25) is 29.1 Å². The van der Waals surface area contributed by atoms with Crippen molar-refractivity contribution in [3.05, 3.63) is 101 Å². The Morgan fingerprint density at radius 1 is 0.667 bits per heavy atom. The summed E-state index contributed by atoms with van der Waals surface area (Å²) < 4.78 is 24.1. The van der Waals surface area contributed by atoms with Crippen LogP contribution in [-0.2, 0) is 0 Å². The van der Waals surface area contributed by atoms with Gasteiger partial charge in [-0.1, -0.05) is 24.8 Å². The van der Waals surface area contributed by atoms with Crippen molar-refractivity contribution in [1.29, 1.82) is 0 Å². The van der Waals surface area contributed by atoms with E-state index < -0.39 is 0 Å². The number of carbonyl (C=O) groups is 4. The molecule has 0 saturated heterocycles. The maximum atomic E-state index is 10.5. The average Bonchev–Trinajstić information content (AvgIpc) is 3.79. The van der Waals surface area contributed by atoms with Crippen LogP contribution in [-0.4, -0.2) is 68.5 Å². The molecule has 5 rings (SSSR count). The number of furan rings is 1. The van der Waals surface area contributed by atoms with Crippen LogP contribution in [0.25, 0.3) is 11.4 Å². The number of pyridine rings is 3. The van der Waals surface area contributed by atoms with Crippen LogP contribution >= 0.6 is 11.3 Å². The maximum absolute atomic E-state index is 10.5. The standard InChI is InChI=1S/C12H10N2O2.C7H7NO2.C6H6O3.C6H6O2S.CH4/c1-16-10-3-5-12(14-7-10)11-4-2-9(8-15)6-13-11;1-10-7-4-2-3-6(5-9)8-7;2*1-8-6-3-2-5(4-7)9-6;/h2-8H,1H3;2-5H,1H3;2*2-4H,1H3;1H4. The van der Waals surface area contributed by atoms with E-state index in [2.05, 4.69) is 19.7 Å². The molecular weight excluding hydrogens is 602 g/mol. The SMILES string of the molecule is C.COc1ccc(-c2ccc(C=O)cn2)nc1.COc1ccc(C=O)o1.COc1ccc(C=O)s1.COc1cccc(C=O)n1. The number of hydrogen-bond donors (Lipinski definition) is 0. The minimum absolute atomic E-state index is 0. The van der Waals surface area contributed by atoms with Crippen LogP contribution < -0.4 is 18.9 Å². The Hall–Kier alpha value is -5.69. The zero-order chi connectivity index (χ0) is 32.2. The van der Waals surface area contributed by atoms with Crippen LogP contribution in [0, 0.1) is 0 Å². The van der Waals surface area contributed by atoms with E-state index >= 15 is 0 Å². The first-order valence-corrected chi connectivity index (χ1v) is 13.3. The second kappa shape index (κ2) is 21.1. The molecule has 5 aromatic heterocycles. The van der Waals surface area contributed by atoms with E-state index in [1.807, 2.05) is 12.1 Å². The van der Waals surface area contributed by atoms with Crippen LogP contribution in [0.3, 0.4) is 0 Å². The smallest absolute Gasteiger partial charge is 0.284 e. The first-order valence-electron chi connectivity index (χ1n) is 12.5. The monoisotopic (exact) mass is 635 g/mol. The predicted octanol–water partition coefficient (Wildman–Crippen LogP) is 6.17. The van der Waals surface area contributed by atoms with Gasteiger partial charge in [0.15, 0.2) is 36.0 Å². The second-order valence-electron chi connectivity index (χ2n) is 7.86. The lowest BCUT2D eigenvalue weighted by molar-refractivity contribution is 0.109. The summed E-state index contributed by atoms with van der Waals surface area (Å²) in [6.07, 6.45) is 6.04. The van der Waals surface area contributed by atoms with Crippen molar-refractivity contribution in [1.82, 2.24) is 15.0 Å². The Kier molecular flexibility index (Phi) is 17.5. The van der Waals surface area contributed by atoms with Gasteiger partial charge in [-0.2, -0.15) is 0 Å². The van der Waals surface area contributed by atoms with Gasteiger partial charge in [0.1, 0.15) is 11.4 Å². The van der Waals surface area contributed by atoms with Crippen molar-refractivity contribution in [2.45, 2.75) is 7.43 Å². The van der Waals surface area contributed by atoms with Gasteiger partial charge in [0, 0.05) is 23.9 Å². The van der Waals surface area contributed by atoms with Gasteiger partial charge in [0.05, 0.1) is 50.9 Å². The Morgan fingerprint density at radius 2 is 1.40 bits per heavy atom. The number of nitrogens with zero attached hydrogens (tertiary/aromatic N) is 3. The van der Waals surface area contributed by atoms with Gasteiger partial charge < -0.3 is 23.4 Å². The van der Waals surface area contributed by atoms with Crippen molar-refractivity contribution in [3.63, 3.8) is 0 Å². The van der Waals surface area contributed by atoms with Gasteiger partial charge in [0.25, 0.3) is 5.95 Å². The molecule has 45 heavy (non-hydrogen) atoms. The van der Waals surface area contributed by atoms with E-state index in [1.165, 1.54) is 31.8 Å². The van der Waals surface area contributed by atoms with Crippen LogP contribution in [0.5, 0.6) is 22.6 Å². The van der Waals surface area contributed by atoms with E-state index in [0.717, 1.165) is 29.0 Å². The summed E-state index contributed by atoms with van der Waals surface area (Å²) in [6, 6.07) is 18.8. The molecule has 13 heteroatoms. The minimum Gasteiger partial charge on any atom is -0.495 e. The highest BCUT2D eigenvalue weighted by Gasteiger charge is 2.01. The second-order valence-corrected chi connectivity index (χ2v) is 8.94. The lowest BCUT2D eigenvalue weighted by Crippen LogP contribution is -1.90. The first kappa shape index (κ1) is 37.3. The molecule has 0 atom stereocenters. The van der Waals surface area contributed by atoms with Gasteiger partial charge in [-0.15, -0.1) is 0 Å². The highest BCUT2D eigenvalue weighted by atomic mass is 32.1. The van der Waals surface area contributed by atoms with Gasteiger partial charge in [-0.05, 0) is 48.5 Å². The van der Waals surface area contributed by atoms with Gasteiger partial charge >= 0.3 is 0 Å². The van der Waals surface area contributed by atoms with Crippen molar-refractivity contribution in [3.8, 4) is 34.0 Å².